The Kier molecular flexibility index (Phi) is 7.36. The summed E-state index contributed by atoms with van der Waals surface area (Å²) in [6, 6.07) is 6.69. The Balaban J connectivity index is 1.66. The second-order valence-electron chi connectivity index (χ2n) is 5.79. The van der Waals surface area contributed by atoms with Crippen LogP contribution < -0.4 is 16.0 Å². The van der Waals surface area contributed by atoms with Gasteiger partial charge in [-0.05, 0) is 24.3 Å². The van der Waals surface area contributed by atoms with Gasteiger partial charge in [-0.3, -0.25) is 19.3 Å². The quantitative estimate of drug-likeness (QED) is 0.620. The van der Waals surface area contributed by atoms with Gasteiger partial charge in [0.15, 0.2) is 0 Å². The van der Waals surface area contributed by atoms with E-state index in [0.717, 1.165) is 32.8 Å². The minimum absolute atomic E-state index is 0.162. The summed E-state index contributed by atoms with van der Waals surface area (Å²) in [6.45, 7) is 5.86. The fourth-order valence-corrected chi connectivity index (χ4v) is 2.43. The van der Waals surface area contributed by atoms with E-state index < -0.39 is 0 Å². The molecule has 0 bridgehead atoms. The number of anilines is 2. The van der Waals surface area contributed by atoms with Crippen molar-refractivity contribution in [2.75, 3.05) is 50.0 Å². The van der Waals surface area contributed by atoms with Crippen LogP contribution in [-0.4, -0.2) is 62.0 Å². The third-order valence-corrected chi connectivity index (χ3v) is 3.66. The summed E-state index contributed by atoms with van der Waals surface area (Å²) >= 11 is 0. The van der Waals surface area contributed by atoms with Crippen LogP contribution in [0.15, 0.2) is 24.3 Å². The summed E-state index contributed by atoms with van der Waals surface area (Å²) in [5.74, 6) is -0.845. The molecule has 0 atom stereocenters. The van der Waals surface area contributed by atoms with Crippen LogP contribution in [0.5, 0.6) is 0 Å². The average molecular weight is 348 g/mol. The first-order valence-corrected chi connectivity index (χ1v) is 8.27. The number of ether oxygens (including phenoxy) is 1. The van der Waals surface area contributed by atoms with Gasteiger partial charge >= 0.3 is 0 Å². The molecular weight excluding hydrogens is 324 g/mol. The molecule has 1 aromatic carbocycles. The van der Waals surface area contributed by atoms with Gasteiger partial charge in [0, 0.05) is 44.5 Å². The third kappa shape index (κ3) is 7.32. The van der Waals surface area contributed by atoms with Crippen LogP contribution in [0.2, 0.25) is 0 Å². The van der Waals surface area contributed by atoms with Crippen LogP contribution in [-0.2, 0) is 19.1 Å². The van der Waals surface area contributed by atoms with Crippen LogP contribution in [0.4, 0.5) is 11.4 Å². The fraction of sp³-hybridized carbons (Fsp3) is 0.471. The van der Waals surface area contributed by atoms with Crippen LogP contribution >= 0.6 is 0 Å². The van der Waals surface area contributed by atoms with E-state index in [1.165, 1.54) is 6.92 Å². The van der Waals surface area contributed by atoms with Crippen molar-refractivity contribution in [1.29, 1.82) is 0 Å². The van der Waals surface area contributed by atoms with Gasteiger partial charge in [-0.1, -0.05) is 0 Å². The Bertz CT molecular complexity index is 597. The van der Waals surface area contributed by atoms with Gasteiger partial charge < -0.3 is 20.7 Å². The predicted molar refractivity (Wildman–Crippen MR) is 94.3 cm³/mol. The van der Waals surface area contributed by atoms with E-state index in [1.54, 1.807) is 24.3 Å². The minimum atomic E-state index is -0.379. The lowest BCUT2D eigenvalue weighted by molar-refractivity contribution is -0.126. The molecule has 8 nitrogen and oxygen atoms in total. The van der Waals surface area contributed by atoms with Crippen molar-refractivity contribution in [3.63, 3.8) is 0 Å². The normalized spacial score (nSPS) is 14.6. The first-order valence-electron chi connectivity index (χ1n) is 8.27. The van der Waals surface area contributed by atoms with Crippen molar-refractivity contribution in [3.8, 4) is 0 Å². The SMILES string of the molecule is CC(=O)Nc1ccc(NC(=O)CC(=O)NCCN2CCOCC2)cc1. The lowest BCUT2D eigenvalue weighted by Crippen LogP contribution is -2.41. The van der Waals surface area contributed by atoms with E-state index in [1.807, 2.05) is 0 Å². The maximum atomic E-state index is 11.9. The lowest BCUT2D eigenvalue weighted by Gasteiger charge is -2.26. The first-order chi connectivity index (χ1) is 12.0. The Morgan fingerprint density at radius 3 is 2.20 bits per heavy atom. The Hall–Kier alpha value is -2.45. The molecule has 1 saturated heterocycles. The van der Waals surface area contributed by atoms with Crippen LogP contribution in [0.1, 0.15) is 13.3 Å². The number of benzene rings is 1. The predicted octanol–water partition coefficient (Wildman–Crippen LogP) is 0.422. The molecule has 0 aliphatic carbocycles. The van der Waals surface area contributed by atoms with E-state index in [4.69, 9.17) is 4.74 Å². The molecule has 3 N–H and O–H groups in total. The van der Waals surface area contributed by atoms with Gasteiger partial charge in [-0.2, -0.15) is 0 Å². The van der Waals surface area contributed by atoms with E-state index in [0.29, 0.717) is 17.9 Å². The monoisotopic (exact) mass is 348 g/mol. The molecule has 0 radical (unpaired) electrons. The molecule has 8 heteroatoms. The number of nitrogens with one attached hydrogen (secondary N) is 3. The number of nitrogens with zero attached hydrogens (tertiary/aromatic N) is 1. The zero-order valence-corrected chi connectivity index (χ0v) is 14.3. The molecule has 1 fully saturated rings. The van der Waals surface area contributed by atoms with Gasteiger partial charge in [0.1, 0.15) is 6.42 Å². The molecule has 1 aliphatic heterocycles. The Morgan fingerprint density at radius 2 is 1.60 bits per heavy atom. The molecular formula is C17H24N4O4. The fourth-order valence-electron chi connectivity index (χ4n) is 2.43. The molecule has 136 valence electrons. The van der Waals surface area contributed by atoms with E-state index in [-0.39, 0.29) is 24.1 Å². The standard InChI is InChI=1S/C17H24N4O4/c1-13(22)19-14-2-4-15(5-3-14)20-17(24)12-16(23)18-6-7-21-8-10-25-11-9-21/h2-5H,6-12H2,1H3,(H,18,23)(H,19,22)(H,20,24). The average Bonchev–Trinajstić information content (AvgIpc) is 2.57. The van der Waals surface area contributed by atoms with Crippen molar-refractivity contribution >= 4 is 29.1 Å². The summed E-state index contributed by atoms with van der Waals surface area (Å²) in [6.07, 6.45) is -0.226. The second-order valence-corrected chi connectivity index (χ2v) is 5.79. The molecule has 2 rings (SSSR count). The van der Waals surface area contributed by atoms with Crippen molar-refractivity contribution in [3.05, 3.63) is 24.3 Å². The number of amides is 3. The molecule has 0 saturated carbocycles. The molecule has 3 amide bonds. The topological polar surface area (TPSA) is 99.8 Å². The van der Waals surface area contributed by atoms with E-state index in [2.05, 4.69) is 20.9 Å². The minimum Gasteiger partial charge on any atom is -0.379 e. The highest BCUT2D eigenvalue weighted by atomic mass is 16.5. The van der Waals surface area contributed by atoms with Crippen LogP contribution in [0, 0.1) is 0 Å². The van der Waals surface area contributed by atoms with Gasteiger partial charge in [0.2, 0.25) is 17.7 Å². The van der Waals surface area contributed by atoms with Gasteiger partial charge in [0.05, 0.1) is 13.2 Å². The highest BCUT2D eigenvalue weighted by Gasteiger charge is 2.12. The summed E-state index contributed by atoms with van der Waals surface area (Å²) in [5, 5.41) is 8.04. The molecule has 25 heavy (non-hydrogen) atoms. The largest absolute Gasteiger partial charge is 0.379 e. The van der Waals surface area contributed by atoms with Crippen molar-refractivity contribution in [1.82, 2.24) is 10.2 Å². The molecule has 1 heterocycles. The van der Waals surface area contributed by atoms with Crippen molar-refractivity contribution < 1.29 is 19.1 Å². The molecule has 0 aromatic heterocycles. The third-order valence-electron chi connectivity index (χ3n) is 3.66. The highest BCUT2D eigenvalue weighted by Crippen LogP contribution is 2.13. The van der Waals surface area contributed by atoms with E-state index >= 15 is 0 Å². The smallest absolute Gasteiger partial charge is 0.233 e. The first kappa shape index (κ1) is 18.9. The van der Waals surface area contributed by atoms with E-state index in [9.17, 15) is 14.4 Å². The summed E-state index contributed by atoms with van der Waals surface area (Å²) in [7, 11) is 0. The number of carbonyl (C=O) groups is 3. The molecule has 1 aromatic rings. The number of rotatable bonds is 7. The number of morpholine rings is 1. The molecule has 0 spiro atoms. The lowest BCUT2D eigenvalue weighted by atomic mass is 10.2. The van der Waals surface area contributed by atoms with Crippen LogP contribution in [0.3, 0.4) is 0 Å². The highest BCUT2D eigenvalue weighted by molar-refractivity contribution is 6.03. The maximum Gasteiger partial charge on any atom is 0.233 e. The Morgan fingerprint density at radius 1 is 1.00 bits per heavy atom. The number of carbonyl (C=O) groups excluding carboxylic acids is 3. The van der Waals surface area contributed by atoms with Gasteiger partial charge in [0.25, 0.3) is 0 Å². The van der Waals surface area contributed by atoms with Crippen molar-refractivity contribution in [2.24, 2.45) is 0 Å². The molecule has 1 aliphatic rings. The van der Waals surface area contributed by atoms with Gasteiger partial charge in [-0.25, -0.2) is 0 Å². The Labute approximate surface area is 146 Å². The zero-order valence-electron chi connectivity index (χ0n) is 14.3. The second kappa shape index (κ2) is 9.75. The van der Waals surface area contributed by atoms with Crippen molar-refractivity contribution in [2.45, 2.75) is 13.3 Å². The number of hydrogen-bond acceptors (Lipinski definition) is 5. The summed E-state index contributed by atoms with van der Waals surface area (Å²) in [5.41, 5.74) is 1.21. The van der Waals surface area contributed by atoms with Crippen LogP contribution in [0.25, 0.3) is 0 Å². The zero-order chi connectivity index (χ0) is 18.1. The summed E-state index contributed by atoms with van der Waals surface area (Å²) in [4.78, 5) is 36.8. The number of hydrogen-bond donors (Lipinski definition) is 3. The summed E-state index contributed by atoms with van der Waals surface area (Å²) < 4.78 is 5.26. The van der Waals surface area contributed by atoms with Gasteiger partial charge in [-0.15, -0.1) is 0 Å². The molecule has 0 unspecified atom stereocenters. The maximum absolute atomic E-state index is 11.9.